The lowest BCUT2D eigenvalue weighted by Crippen LogP contribution is -2.44. The van der Waals surface area contributed by atoms with Gasteiger partial charge in [-0.15, -0.1) is 0 Å². The Labute approximate surface area is 208 Å². The first-order chi connectivity index (χ1) is 17.4. The monoisotopic (exact) mass is 502 g/mol. The van der Waals surface area contributed by atoms with Gasteiger partial charge in [0.05, 0.1) is 14.2 Å². The van der Waals surface area contributed by atoms with Gasteiger partial charge in [0.2, 0.25) is 11.8 Å². The Morgan fingerprint density at radius 1 is 0.556 bits per heavy atom. The molecular weight excluding hydrogens is 472 g/mol. The second kappa shape index (κ2) is 15.4. The topological polar surface area (TPSA) is 153 Å². The molecule has 0 aliphatic rings. The number of ether oxygens (including phenoxy) is 4. The lowest BCUT2D eigenvalue weighted by Gasteiger charge is -2.11. The molecule has 0 unspecified atom stereocenters. The number of unbranched alkanes of at least 4 members (excludes halogenated alkanes) is 1. The van der Waals surface area contributed by atoms with E-state index >= 15 is 0 Å². The Bertz CT molecular complexity index is 949. The minimum Gasteiger partial charge on any atom is -0.493 e. The molecule has 0 atom stereocenters. The van der Waals surface area contributed by atoms with E-state index in [9.17, 15) is 19.2 Å². The van der Waals surface area contributed by atoms with Crippen LogP contribution in [0.3, 0.4) is 0 Å². The largest absolute Gasteiger partial charge is 0.493 e. The number of para-hydroxylation sites is 4. The van der Waals surface area contributed by atoms with Gasteiger partial charge in [0.25, 0.3) is 11.8 Å². The van der Waals surface area contributed by atoms with Crippen LogP contribution in [0.15, 0.2) is 48.5 Å². The predicted molar refractivity (Wildman–Crippen MR) is 128 cm³/mol. The first-order valence-corrected chi connectivity index (χ1v) is 11.1. The summed E-state index contributed by atoms with van der Waals surface area (Å²) in [5.74, 6) is -0.137. The predicted octanol–water partition coefficient (Wildman–Crippen LogP) is 1.02. The number of hydrogen-bond acceptors (Lipinski definition) is 8. The molecule has 194 valence electrons. The normalized spacial score (nSPS) is 9.94. The van der Waals surface area contributed by atoms with E-state index in [1.807, 2.05) is 0 Å². The van der Waals surface area contributed by atoms with Crippen LogP contribution in [0, 0.1) is 0 Å². The number of carbonyl (C=O) groups is 4. The maximum absolute atomic E-state index is 11.8. The highest BCUT2D eigenvalue weighted by Crippen LogP contribution is 2.26. The fourth-order valence-electron chi connectivity index (χ4n) is 2.81. The van der Waals surface area contributed by atoms with Gasteiger partial charge in [0, 0.05) is 12.8 Å². The van der Waals surface area contributed by atoms with Crippen LogP contribution < -0.4 is 40.7 Å². The molecule has 0 fully saturated rings. The minimum atomic E-state index is -0.543. The number of carbonyl (C=O) groups excluding carboxylic acids is 4. The number of hydrogen-bond donors (Lipinski definition) is 4. The first kappa shape index (κ1) is 27.8. The van der Waals surface area contributed by atoms with Crippen LogP contribution in [-0.4, -0.2) is 51.1 Å². The number of amides is 4. The molecule has 2 rings (SSSR count). The summed E-state index contributed by atoms with van der Waals surface area (Å²) in [7, 11) is 2.98. The van der Waals surface area contributed by atoms with Crippen molar-refractivity contribution in [2.45, 2.75) is 25.7 Å². The minimum absolute atomic E-state index is 0.0973. The number of nitrogens with one attached hydrogen (secondary N) is 4. The van der Waals surface area contributed by atoms with Crippen molar-refractivity contribution in [2.24, 2.45) is 0 Å². The SMILES string of the molecule is COc1ccccc1OCC(=O)NNC(=O)CCCCC(=O)NNC(=O)COc1ccccc1OC. The van der Waals surface area contributed by atoms with E-state index in [1.165, 1.54) is 14.2 Å². The molecule has 2 aromatic carbocycles. The van der Waals surface area contributed by atoms with Gasteiger partial charge in [0.15, 0.2) is 36.2 Å². The van der Waals surface area contributed by atoms with Crippen molar-refractivity contribution in [2.75, 3.05) is 27.4 Å². The fraction of sp³-hybridized carbons (Fsp3) is 0.333. The molecule has 0 aromatic heterocycles. The smallest absolute Gasteiger partial charge is 0.276 e. The molecule has 36 heavy (non-hydrogen) atoms. The highest BCUT2D eigenvalue weighted by Gasteiger charge is 2.10. The highest BCUT2D eigenvalue weighted by atomic mass is 16.5. The molecule has 0 aliphatic heterocycles. The Kier molecular flexibility index (Phi) is 11.9. The Hall–Kier alpha value is -4.48. The fourth-order valence-corrected chi connectivity index (χ4v) is 2.81. The molecule has 0 saturated heterocycles. The van der Waals surface area contributed by atoms with Crippen molar-refractivity contribution >= 4 is 23.6 Å². The molecule has 0 spiro atoms. The molecule has 4 amide bonds. The maximum atomic E-state index is 11.8. The van der Waals surface area contributed by atoms with E-state index in [0.29, 0.717) is 35.8 Å². The lowest BCUT2D eigenvalue weighted by molar-refractivity contribution is -0.130. The van der Waals surface area contributed by atoms with E-state index in [0.717, 1.165) is 0 Å². The summed E-state index contributed by atoms with van der Waals surface area (Å²) in [6.07, 6.45) is 0.995. The van der Waals surface area contributed by atoms with Crippen molar-refractivity contribution in [1.82, 2.24) is 21.7 Å². The summed E-state index contributed by atoms with van der Waals surface area (Å²) in [4.78, 5) is 47.4. The van der Waals surface area contributed by atoms with E-state index in [-0.39, 0.29) is 26.1 Å². The number of rotatable bonds is 13. The van der Waals surface area contributed by atoms with Gasteiger partial charge in [0.1, 0.15) is 0 Å². The van der Waals surface area contributed by atoms with Crippen molar-refractivity contribution in [1.29, 1.82) is 0 Å². The summed E-state index contributed by atoms with van der Waals surface area (Å²) in [6, 6.07) is 13.7. The number of benzene rings is 2. The van der Waals surface area contributed by atoms with E-state index in [1.54, 1.807) is 48.5 Å². The third kappa shape index (κ3) is 10.2. The molecule has 4 N–H and O–H groups in total. The van der Waals surface area contributed by atoms with Crippen LogP contribution in [0.2, 0.25) is 0 Å². The molecule has 12 nitrogen and oxygen atoms in total. The van der Waals surface area contributed by atoms with Gasteiger partial charge < -0.3 is 18.9 Å². The van der Waals surface area contributed by atoms with E-state index in [4.69, 9.17) is 18.9 Å². The van der Waals surface area contributed by atoms with E-state index < -0.39 is 23.6 Å². The Morgan fingerprint density at radius 3 is 1.25 bits per heavy atom. The van der Waals surface area contributed by atoms with Gasteiger partial charge in [-0.25, -0.2) is 0 Å². The second-order valence-corrected chi connectivity index (χ2v) is 7.28. The van der Waals surface area contributed by atoms with Gasteiger partial charge in [-0.3, -0.25) is 40.9 Å². The zero-order valence-corrected chi connectivity index (χ0v) is 20.1. The van der Waals surface area contributed by atoms with Crippen LogP contribution in [-0.2, 0) is 19.2 Å². The van der Waals surface area contributed by atoms with Gasteiger partial charge >= 0.3 is 0 Å². The summed E-state index contributed by atoms with van der Waals surface area (Å²) in [5, 5.41) is 0. The second-order valence-electron chi connectivity index (χ2n) is 7.28. The maximum Gasteiger partial charge on any atom is 0.276 e. The summed E-state index contributed by atoms with van der Waals surface area (Å²) in [6.45, 7) is -0.618. The molecule has 0 heterocycles. The quantitative estimate of drug-likeness (QED) is 0.234. The molecule has 12 heteroatoms. The zero-order valence-electron chi connectivity index (χ0n) is 20.1. The average Bonchev–Trinajstić information content (AvgIpc) is 2.90. The highest BCUT2D eigenvalue weighted by molar-refractivity contribution is 5.83. The molecule has 0 saturated carbocycles. The third-order valence-corrected chi connectivity index (χ3v) is 4.60. The molecule has 2 aromatic rings. The standard InChI is InChI=1S/C24H30N4O8/c1-33-17-9-3-5-11-19(17)35-15-23(31)27-25-21(29)13-7-8-14-22(30)26-28-24(32)16-36-20-12-6-4-10-18(20)34-2/h3-6,9-12H,7-8,13-16H2,1-2H3,(H,25,29)(H,26,30)(H,27,31)(H,28,32). The zero-order chi connectivity index (χ0) is 26.2. The Balaban J connectivity index is 1.52. The van der Waals surface area contributed by atoms with Crippen molar-refractivity contribution < 1.29 is 38.1 Å². The van der Waals surface area contributed by atoms with Crippen molar-refractivity contribution in [3.05, 3.63) is 48.5 Å². The van der Waals surface area contributed by atoms with Crippen molar-refractivity contribution in [3.8, 4) is 23.0 Å². The van der Waals surface area contributed by atoms with Crippen LogP contribution in [0.4, 0.5) is 0 Å². The van der Waals surface area contributed by atoms with Crippen LogP contribution in [0.25, 0.3) is 0 Å². The molecule has 0 bridgehead atoms. The molecule has 0 radical (unpaired) electrons. The molecular formula is C24H30N4O8. The molecule has 0 aliphatic carbocycles. The van der Waals surface area contributed by atoms with E-state index in [2.05, 4.69) is 21.7 Å². The summed E-state index contributed by atoms with van der Waals surface area (Å²) < 4.78 is 21.0. The van der Waals surface area contributed by atoms with Crippen molar-refractivity contribution in [3.63, 3.8) is 0 Å². The first-order valence-electron chi connectivity index (χ1n) is 11.1. The third-order valence-electron chi connectivity index (χ3n) is 4.60. The average molecular weight is 503 g/mol. The van der Waals surface area contributed by atoms with Gasteiger partial charge in [-0.1, -0.05) is 24.3 Å². The summed E-state index contributed by atoms with van der Waals surface area (Å²) >= 11 is 0. The van der Waals surface area contributed by atoms with Gasteiger partial charge in [-0.2, -0.15) is 0 Å². The van der Waals surface area contributed by atoms with Crippen LogP contribution in [0.5, 0.6) is 23.0 Å². The summed E-state index contributed by atoms with van der Waals surface area (Å²) in [5.41, 5.74) is 9.07. The number of hydrazine groups is 2. The Morgan fingerprint density at radius 2 is 0.889 bits per heavy atom. The number of methoxy groups -OCH3 is 2. The lowest BCUT2D eigenvalue weighted by atomic mass is 10.2. The van der Waals surface area contributed by atoms with Gasteiger partial charge in [-0.05, 0) is 37.1 Å². The van der Waals surface area contributed by atoms with Crippen LogP contribution >= 0.6 is 0 Å². The van der Waals surface area contributed by atoms with Crippen LogP contribution in [0.1, 0.15) is 25.7 Å².